The molecule has 0 radical (unpaired) electrons. The highest BCUT2D eigenvalue weighted by molar-refractivity contribution is 6.30. The molecule has 108 valence electrons. The monoisotopic (exact) mass is 285 g/mol. The van der Waals surface area contributed by atoms with Crippen molar-refractivity contribution in [1.82, 2.24) is 5.32 Å². The highest BCUT2D eigenvalue weighted by Crippen LogP contribution is 2.39. The minimum absolute atomic E-state index is 0.0288. The third kappa shape index (κ3) is 3.22. The molecule has 0 fully saturated rings. The summed E-state index contributed by atoms with van der Waals surface area (Å²) in [6.07, 6.45) is 1.81. The minimum Gasteiger partial charge on any atom is -0.496 e. The standard InChI is InChI=1S/C15H24ClNO2/c1-6-15(7-2,19-5)14(17-3)12-10-11(16)8-9-13(12)18-4/h8-10,14,17H,6-7H2,1-5H3. The number of likely N-dealkylation sites (N-methyl/N-ethyl adjacent to an activating group) is 1. The van der Waals surface area contributed by atoms with Gasteiger partial charge < -0.3 is 14.8 Å². The SMILES string of the molecule is CCC(CC)(OC)C(NC)c1cc(Cl)ccc1OC. The van der Waals surface area contributed by atoms with Gasteiger partial charge in [-0.05, 0) is 38.1 Å². The van der Waals surface area contributed by atoms with Gasteiger partial charge in [0.05, 0.1) is 18.8 Å². The van der Waals surface area contributed by atoms with Crippen LogP contribution in [0.3, 0.4) is 0 Å². The lowest BCUT2D eigenvalue weighted by Gasteiger charge is -2.39. The van der Waals surface area contributed by atoms with Crippen molar-refractivity contribution in [3.05, 3.63) is 28.8 Å². The zero-order chi connectivity index (χ0) is 14.5. The Morgan fingerprint density at radius 2 is 1.89 bits per heavy atom. The summed E-state index contributed by atoms with van der Waals surface area (Å²) >= 11 is 6.13. The van der Waals surface area contributed by atoms with Crippen molar-refractivity contribution in [3.8, 4) is 5.75 Å². The zero-order valence-electron chi connectivity index (χ0n) is 12.4. The maximum Gasteiger partial charge on any atom is 0.123 e. The molecule has 3 nitrogen and oxygen atoms in total. The highest BCUT2D eigenvalue weighted by atomic mass is 35.5. The van der Waals surface area contributed by atoms with E-state index in [0.717, 1.165) is 24.2 Å². The first-order valence-electron chi connectivity index (χ1n) is 6.64. The lowest BCUT2D eigenvalue weighted by molar-refractivity contribution is -0.0472. The normalized spacial score (nSPS) is 13.4. The number of nitrogens with one attached hydrogen (secondary N) is 1. The summed E-state index contributed by atoms with van der Waals surface area (Å²) in [6.45, 7) is 4.27. The van der Waals surface area contributed by atoms with E-state index in [-0.39, 0.29) is 11.6 Å². The van der Waals surface area contributed by atoms with Gasteiger partial charge in [-0.3, -0.25) is 0 Å². The van der Waals surface area contributed by atoms with Crippen molar-refractivity contribution in [3.63, 3.8) is 0 Å². The number of benzene rings is 1. The van der Waals surface area contributed by atoms with Crippen LogP contribution < -0.4 is 10.1 Å². The summed E-state index contributed by atoms with van der Waals surface area (Å²) in [5.74, 6) is 0.826. The van der Waals surface area contributed by atoms with Crippen LogP contribution in [0.2, 0.25) is 5.02 Å². The van der Waals surface area contributed by atoms with Crippen LogP contribution >= 0.6 is 11.6 Å². The van der Waals surface area contributed by atoms with Gasteiger partial charge in [0.25, 0.3) is 0 Å². The Kier molecular flexibility index (Phi) is 6.11. The molecule has 0 aliphatic heterocycles. The molecule has 1 atom stereocenters. The van der Waals surface area contributed by atoms with Crippen LogP contribution in [0.15, 0.2) is 18.2 Å². The molecule has 0 heterocycles. The Morgan fingerprint density at radius 3 is 2.32 bits per heavy atom. The summed E-state index contributed by atoms with van der Waals surface area (Å²) in [6, 6.07) is 5.71. The summed E-state index contributed by atoms with van der Waals surface area (Å²) in [4.78, 5) is 0. The van der Waals surface area contributed by atoms with Crippen molar-refractivity contribution < 1.29 is 9.47 Å². The Hall–Kier alpha value is -0.770. The van der Waals surface area contributed by atoms with Crippen LogP contribution in [0, 0.1) is 0 Å². The maximum atomic E-state index is 6.13. The molecular formula is C15H24ClNO2. The molecule has 19 heavy (non-hydrogen) atoms. The third-order valence-electron chi connectivity index (χ3n) is 3.92. The van der Waals surface area contributed by atoms with E-state index in [1.54, 1.807) is 14.2 Å². The highest BCUT2D eigenvalue weighted by Gasteiger charge is 2.37. The van der Waals surface area contributed by atoms with Crippen LogP contribution in [-0.4, -0.2) is 26.9 Å². The second kappa shape index (κ2) is 7.13. The summed E-state index contributed by atoms with van der Waals surface area (Å²) in [7, 11) is 5.37. The predicted octanol–water partition coefficient (Wildman–Crippen LogP) is 3.81. The summed E-state index contributed by atoms with van der Waals surface area (Å²) in [5.41, 5.74) is 0.759. The fourth-order valence-corrected chi connectivity index (χ4v) is 2.88. The van der Waals surface area contributed by atoms with Crippen molar-refractivity contribution in [2.45, 2.75) is 38.3 Å². The first kappa shape index (κ1) is 16.3. The van der Waals surface area contributed by atoms with Crippen molar-refractivity contribution in [1.29, 1.82) is 0 Å². The first-order valence-corrected chi connectivity index (χ1v) is 7.02. The van der Waals surface area contributed by atoms with E-state index in [4.69, 9.17) is 21.1 Å². The van der Waals surface area contributed by atoms with E-state index >= 15 is 0 Å². The molecule has 1 rings (SSSR count). The van der Waals surface area contributed by atoms with Crippen LogP contribution in [-0.2, 0) is 4.74 Å². The molecular weight excluding hydrogens is 262 g/mol. The first-order chi connectivity index (χ1) is 9.08. The molecule has 0 amide bonds. The van der Waals surface area contributed by atoms with Gasteiger partial charge in [-0.15, -0.1) is 0 Å². The molecule has 0 aliphatic rings. The van der Waals surface area contributed by atoms with E-state index in [9.17, 15) is 0 Å². The van der Waals surface area contributed by atoms with E-state index in [1.165, 1.54) is 0 Å². The molecule has 1 N–H and O–H groups in total. The largest absolute Gasteiger partial charge is 0.496 e. The van der Waals surface area contributed by atoms with E-state index in [1.807, 2.05) is 25.2 Å². The molecule has 1 aromatic rings. The number of hydrogen-bond acceptors (Lipinski definition) is 3. The average Bonchev–Trinajstić information content (AvgIpc) is 2.45. The molecule has 1 aromatic carbocycles. The maximum absolute atomic E-state index is 6.13. The minimum atomic E-state index is -0.271. The van der Waals surface area contributed by atoms with Gasteiger partial charge in [0.1, 0.15) is 5.75 Å². The molecule has 0 saturated heterocycles. The second-order valence-corrected chi connectivity index (χ2v) is 5.02. The quantitative estimate of drug-likeness (QED) is 0.826. The average molecular weight is 286 g/mol. The Bertz CT molecular complexity index is 397. The van der Waals surface area contributed by atoms with E-state index in [2.05, 4.69) is 19.2 Å². The van der Waals surface area contributed by atoms with E-state index < -0.39 is 0 Å². The smallest absolute Gasteiger partial charge is 0.123 e. The Balaban J connectivity index is 3.33. The fraction of sp³-hybridized carbons (Fsp3) is 0.600. The zero-order valence-corrected chi connectivity index (χ0v) is 13.2. The Labute approximate surface area is 121 Å². The van der Waals surface area contributed by atoms with Gasteiger partial charge in [0.2, 0.25) is 0 Å². The fourth-order valence-electron chi connectivity index (χ4n) is 2.70. The lowest BCUT2D eigenvalue weighted by atomic mass is 9.83. The molecule has 0 aromatic heterocycles. The van der Waals surface area contributed by atoms with Crippen molar-refractivity contribution >= 4 is 11.6 Å². The molecule has 0 spiro atoms. The third-order valence-corrected chi connectivity index (χ3v) is 4.16. The molecule has 4 heteroatoms. The van der Waals surface area contributed by atoms with Gasteiger partial charge in [0.15, 0.2) is 0 Å². The van der Waals surface area contributed by atoms with Crippen molar-refractivity contribution in [2.75, 3.05) is 21.3 Å². The van der Waals surface area contributed by atoms with E-state index in [0.29, 0.717) is 5.02 Å². The van der Waals surface area contributed by atoms with Crippen LogP contribution in [0.25, 0.3) is 0 Å². The van der Waals surface area contributed by atoms with Crippen LogP contribution in [0.4, 0.5) is 0 Å². The second-order valence-electron chi connectivity index (χ2n) is 4.58. The molecule has 1 unspecified atom stereocenters. The van der Waals surface area contributed by atoms with Gasteiger partial charge >= 0.3 is 0 Å². The Morgan fingerprint density at radius 1 is 1.26 bits per heavy atom. The van der Waals surface area contributed by atoms with Crippen molar-refractivity contribution in [2.24, 2.45) is 0 Å². The lowest BCUT2D eigenvalue weighted by Crippen LogP contribution is -2.43. The summed E-state index contributed by atoms with van der Waals surface area (Å²) < 4.78 is 11.3. The van der Waals surface area contributed by atoms with Gasteiger partial charge in [-0.25, -0.2) is 0 Å². The number of rotatable bonds is 7. The number of methoxy groups -OCH3 is 2. The predicted molar refractivity (Wildman–Crippen MR) is 80.1 cm³/mol. The van der Waals surface area contributed by atoms with Gasteiger partial charge in [-0.2, -0.15) is 0 Å². The number of halogens is 1. The molecule has 0 bridgehead atoms. The number of hydrogen-bond donors (Lipinski definition) is 1. The van der Waals surface area contributed by atoms with Gasteiger partial charge in [0, 0.05) is 17.7 Å². The summed E-state index contributed by atoms with van der Waals surface area (Å²) in [5, 5.41) is 4.05. The topological polar surface area (TPSA) is 30.5 Å². The molecule has 0 aliphatic carbocycles. The number of ether oxygens (including phenoxy) is 2. The van der Waals surface area contributed by atoms with Crippen LogP contribution in [0.5, 0.6) is 5.75 Å². The van der Waals surface area contributed by atoms with Crippen LogP contribution in [0.1, 0.15) is 38.3 Å². The van der Waals surface area contributed by atoms with Gasteiger partial charge in [-0.1, -0.05) is 25.4 Å². The molecule has 0 saturated carbocycles.